The number of carbonyl (C=O) groups is 1. The van der Waals surface area contributed by atoms with Gasteiger partial charge in [0.2, 0.25) is 5.91 Å². The van der Waals surface area contributed by atoms with Crippen molar-refractivity contribution in [2.45, 2.75) is 180 Å². The molecule has 0 aliphatic rings. The molecule has 0 fully saturated rings. The molecule has 0 aliphatic carbocycles. The van der Waals surface area contributed by atoms with E-state index < -0.39 is 20.0 Å². The smallest absolute Gasteiger partial charge is 0.387 e. The minimum atomic E-state index is -4.33. The van der Waals surface area contributed by atoms with E-state index in [-0.39, 0.29) is 19.1 Å². The number of amides is 1. The fourth-order valence-electron chi connectivity index (χ4n) is 5.54. The summed E-state index contributed by atoms with van der Waals surface area (Å²) in [5.41, 5.74) is 0. The van der Waals surface area contributed by atoms with Gasteiger partial charge in [-0.2, -0.15) is 0 Å². The molecule has 8 nitrogen and oxygen atoms in total. The maximum absolute atomic E-state index is 12.8. The van der Waals surface area contributed by atoms with Gasteiger partial charge in [-0.3, -0.25) is 13.8 Å². The van der Waals surface area contributed by atoms with Gasteiger partial charge in [-0.15, -0.1) is 0 Å². The standard InChI is InChI=1S/C41H79N2O6P/c1-6-8-10-12-14-16-18-20-21-23-25-27-29-31-33-35-41(45)42-39(38-49-50(46,47)48-37-36-43(3,4)5)40(44)34-32-30-28-26-24-22-19-17-15-13-11-9-7-2/h14,16,20-21,32,34,39-40,44H,6-13,15,17-19,22-31,33,35-38H2,1-5H3,(H-,42,45,46,47)/p+1/b16-14+,21-20+,34-32+/t39-,40+/m0/s1. The first-order chi connectivity index (χ1) is 24.0. The number of hydrogen-bond acceptors (Lipinski definition) is 5. The molecular weight excluding hydrogens is 647 g/mol. The van der Waals surface area contributed by atoms with Crippen LogP contribution in [-0.4, -0.2) is 73.4 Å². The molecule has 294 valence electrons. The number of carbonyl (C=O) groups excluding carboxylic acids is 1. The van der Waals surface area contributed by atoms with Gasteiger partial charge in [0.25, 0.3) is 0 Å². The highest BCUT2D eigenvalue weighted by Gasteiger charge is 2.27. The van der Waals surface area contributed by atoms with Crippen molar-refractivity contribution in [3.05, 3.63) is 36.5 Å². The van der Waals surface area contributed by atoms with Gasteiger partial charge in [0.15, 0.2) is 0 Å². The molecule has 9 heteroatoms. The van der Waals surface area contributed by atoms with Crippen molar-refractivity contribution >= 4 is 13.7 Å². The van der Waals surface area contributed by atoms with Gasteiger partial charge in [0, 0.05) is 6.42 Å². The molecule has 0 bridgehead atoms. The number of nitrogens with zero attached hydrogens (tertiary/aromatic N) is 1. The Hall–Kier alpha value is -1.28. The van der Waals surface area contributed by atoms with Crippen LogP contribution >= 0.6 is 7.82 Å². The fourth-order valence-corrected chi connectivity index (χ4v) is 6.28. The van der Waals surface area contributed by atoms with Gasteiger partial charge in [-0.05, 0) is 51.4 Å². The summed E-state index contributed by atoms with van der Waals surface area (Å²) in [6, 6.07) is -0.850. The molecule has 0 rings (SSSR count). The van der Waals surface area contributed by atoms with Crippen molar-refractivity contribution < 1.29 is 32.9 Å². The van der Waals surface area contributed by atoms with Gasteiger partial charge in [0.1, 0.15) is 13.2 Å². The lowest BCUT2D eigenvalue weighted by atomic mass is 10.0. The Kier molecular flexibility index (Phi) is 32.7. The summed E-state index contributed by atoms with van der Waals surface area (Å²) in [6.45, 7) is 4.75. The van der Waals surface area contributed by atoms with Crippen LogP contribution in [0.3, 0.4) is 0 Å². The third kappa shape index (κ3) is 35.1. The Balaban J connectivity index is 4.53. The Morgan fingerprint density at radius 2 is 1.14 bits per heavy atom. The van der Waals surface area contributed by atoms with E-state index in [9.17, 15) is 19.4 Å². The number of likely N-dealkylation sites (N-methyl/N-ethyl adjacent to an activating group) is 1. The third-order valence-electron chi connectivity index (χ3n) is 8.85. The Morgan fingerprint density at radius 1 is 0.680 bits per heavy atom. The van der Waals surface area contributed by atoms with E-state index in [1.807, 2.05) is 27.2 Å². The number of unbranched alkanes of at least 4 members (excludes halogenated alkanes) is 19. The molecule has 1 unspecified atom stereocenters. The van der Waals surface area contributed by atoms with Gasteiger partial charge in [-0.25, -0.2) is 4.57 Å². The molecule has 0 spiro atoms. The Morgan fingerprint density at radius 3 is 1.68 bits per heavy atom. The normalized spacial score (nSPS) is 14.9. The minimum Gasteiger partial charge on any atom is -0.387 e. The number of hydrogen-bond donors (Lipinski definition) is 3. The lowest BCUT2D eigenvalue weighted by molar-refractivity contribution is -0.870. The monoisotopic (exact) mass is 728 g/mol. The van der Waals surface area contributed by atoms with Crippen LogP contribution in [0.4, 0.5) is 0 Å². The molecule has 0 heterocycles. The third-order valence-corrected chi connectivity index (χ3v) is 9.84. The molecule has 0 aromatic rings. The van der Waals surface area contributed by atoms with E-state index >= 15 is 0 Å². The zero-order valence-electron chi connectivity index (χ0n) is 33.1. The zero-order valence-corrected chi connectivity index (χ0v) is 34.0. The fraction of sp³-hybridized carbons (Fsp3) is 0.829. The minimum absolute atomic E-state index is 0.0581. The van der Waals surface area contributed by atoms with Crippen LogP contribution in [0, 0.1) is 0 Å². The second kappa shape index (κ2) is 33.5. The van der Waals surface area contributed by atoms with Gasteiger partial charge in [-0.1, -0.05) is 147 Å². The molecule has 0 radical (unpaired) electrons. The van der Waals surface area contributed by atoms with Gasteiger partial charge >= 0.3 is 7.82 Å². The second-order valence-electron chi connectivity index (χ2n) is 15.0. The second-order valence-corrected chi connectivity index (χ2v) is 16.5. The quantitative estimate of drug-likeness (QED) is 0.0257. The van der Waals surface area contributed by atoms with Crippen LogP contribution in [-0.2, 0) is 18.4 Å². The van der Waals surface area contributed by atoms with Crippen molar-refractivity contribution in [2.24, 2.45) is 0 Å². The van der Waals surface area contributed by atoms with Crippen LogP contribution in [0.1, 0.15) is 168 Å². The first-order valence-electron chi connectivity index (χ1n) is 20.4. The SMILES string of the molecule is CCCCC/C=C/C/C=C/CCCCCCCC(=O)N[C@@H](COP(=O)(O)OCC[N+](C)(C)C)[C@H](O)/C=C/CCCCCCCCCCCCC. The molecule has 1 amide bonds. The summed E-state index contributed by atoms with van der Waals surface area (Å²) >= 11 is 0. The first kappa shape index (κ1) is 48.7. The molecule has 0 aliphatic heterocycles. The zero-order chi connectivity index (χ0) is 37.2. The molecule has 0 aromatic carbocycles. The van der Waals surface area contributed by atoms with Crippen LogP contribution < -0.4 is 5.32 Å². The average molecular weight is 728 g/mol. The number of quaternary nitrogens is 1. The molecule has 0 saturated carbocycles. The number of rotatable bonds is 36. The summed E-state index contributed by atoms with van der Waals surface area (Å²) in [7, 11) is 1.56. The van der Waals surface area contributed by atoms with E-state index in [1.54, 1.807) is 6.08 Å². The molecule has 0 aromatic heterocycles. The number of nitrogens with one attached hydrogen (secondary N) is 1. The highest BCUT2D eigenvalue weighted by molar-refractivity contribution is 7.47. The molecule has 0 saturated heterocycles. The number of aliphatic hydroxyl groups excluding tert-OH is 1. The van der Waals surface area contributed by atoms with E-state index in [0.29, 0.717) is 17.4 Å². The highest BCUT2D eigenvalue weighted by atomic mass is 31.2. The molecule has 50 heavy (non-hydrogen) atoms. The summed E-state index contributed by atoms with van der Waals surface area (Å²) in [5, 5.41) is 13.8. The van der Waals surface area contributed by atoms with Crippen molar-refractivity contribution in [1.29, 1.82) is 0 Å². The molecule has 3 atom stereocenters. The number of aliphatic hydroxyl groups is 1. The summed E-state index contributed by atoms with van der Waals surface area (Å²) < 4.78 is 23.5. The maximum Gasteiger partial charge on any atom is 0.472 e. The summed E-state index contributed by atoms with van der Waals surface area (Å²) in [6.07, 6.45) is 39.1. The van der Waals surface area contributed by atoms with Crippen LogP contribution in [0.2, 0.25) is 0 Å². The van der Waals surface area contributed by atoms with Gasteiger partial charge in [0.05, 0.1) is 39.9 Å². The lowest BCUT2D eigenvalue weighted by Crippen LogP contribution is -2.45. The number of allylic oxidation sites excluding steroid dienone is 5. The van der Waals surface area contributed by atoms with Crippen LogP contribution in [0.15, 0.2) is 36.5 Å². The van der Waals surface area contributed by atoms with Gasteiger partial charge < -0.3 is 19.8 Å². The van der Waals surface area contributed by atoms with E-state index in [4.69, 9.17) is 9.05 Å². The molecular formula is C41H80N2O6P+. The highest BCUT2D eigenvalue weighted by Crippen LogP contribution is 2.43. The number of phosphoric ester groups is 1. The lowest BCUT2D eigenvalue weighted by Gasteiger charge is -2.25. The number of phosphoric acid groups is 1. The average Bonchev–Trinajstić information content (AvgIpc) is 3.06. The predicted molar refractivity (Wildman–Crippen MR) is 212 cm³/mol. The van der Waals surface area contributed by atoms with Crippen molar-refractivity contribution in [3.8, 4) is 0 Å². The topological polar surface area (TPSA) is 105 Å². The largest absolute Gasteiger partial charge is 0.472 e. The first-order valence-corrected chi connectivity index (χ1v) is 21.9. The Labute approximate surface area is 308 Å². The molecule has 3 N–H and O–H groups in total. The predicted octanol–water partition coefficient (Wildman–Crippen LogP) is 10.7. The van der Waals surface area contributed by atoms with Crippen LogP contribution in [0.5, 0.6) is 0 Å². The van der Waals surface area contributed by atoms with Crippen molar-refractivity contribution in [3.63, 3.8) is 0 Å². The van der Waals surface area contributed by atoms with Crippen molar-refractivity contribution in [2.75, 3.05) is 40.9 Å². The maximum atomic E-state index is 12.8. The Bertz CT molecular complexity index is 917. The van der Waals surface area contributed by atoms with Crippen LogP contribution in [0.25, 0.3) is 0 Å². The summed E-state index contributed by atoms with van der Waals surface area (Å²) in [5.74, 6) is -0.194. The van der Waals surface area contributed by atoms with Crippen molar-refractivity contribution in [1.82, 2.24) is 5.32 Å². The summed E-state index contributed by atoms with van der Waals surface area (Å²) in [4.78, 5) is 23.0. The van der Waals surface area contributed by atoms with E-state index in [1.165, 1.54) is 83.5 Å². The van der Waals surface area contributed by atoms with E-state index in [0.717, 1.165) is 64.2 Å². The van der Waals surface area contributed by atoms with E-state index in [2.05, 4.69) is 43.5 Å².